The van der Waals surface area contributed by atoms with Crippen LogP contribution >= 0.6 is 0 Å². The predicted octanol–water partition coefficient (Wildman–Crippen LogP) is 3.53. The fraction of sp³-hybridized carbons (Fsp3) is 0.0588. The zero-order valence-electron chi connectivity index (χ0n) is 10.9. The maximum atomic E-state index is 11.6. The molecular formula is C17H14O3. The average molecular weight is 266 g/mol. The molecular weight excluding hydrogens is 252 g/mol. The first-order valence-corrected chi connectivity index (χ1v) is 6.23. The van der Waals surface area contributed by atoms with E-state index >= 15 is 0 Å². The maximum absolute atomic E-state index is 11.6. The van der Waals surface area contributed by atoms with Gasteiger partial charge in [0.2, 0.25) is 0 Å². The normalized spacial score (nSPS) is 11.2. The molecule has 0 radical (unpaired) electrons. The number of furan rings is 1. The SMILES string of the molecule is O=C(/C=C/c1ccccc1)CC(=O)/C=C/c1ccoc1. The third-order valence-corrected chi connectivity index (χ3v) is 2.61. The molecule has 0 N–H and O–H groups in total. The molecule has 1 aromatic heterocycles. The summed E-state index contributed by atoms with van der Waals surface area (Å²) in [6.07, 6.45) is 9.07. The van der Waals surface area contributed by atoms with Gasteiger partial charge in [-0.2, -0.15) is 0 Å². The van der Waals surface area contributed by atoms with E-state index in [1.165, 1.54) is 24.7 Å². The van der Waals surface area contributed by atoms with Crippen molar-refractivity contribution in [3.63, 3.8) is 0 Å². The molecule has 0 saturated heterocycles. The van der Waals surface area contributed by atoms with Crippen LogP contribution in [0.5, 0.6) is 0 Å². The second-order valence-corrected chi connectivity index (χ2v) is 4.24. The van der Waals surface area contributed by atoms with Crippen LogP contribution in [0.4, 0.5) is 0 Å². The zero-order chi connectivity index (χ0) is 14.2. The van der Waals surface area contributed by atoms with Gasteiger partial charge < -0.3 is 4.42 Å². The van der Waals surface area contributed by atoms with Gasteiger partial charge in [-0.25, -0.2) is 0 Å². The molecule has 3 nitrogen and oxygen atoms in total. The van der Waals surface area contributed by atoms with Gasteiger partial charge in [0.1, 0.15) is 0 Å². The van der Waals surface area contributed by atoms with Crippen molar-refractivity contribution >= 4 is 23.7 Å². The Morgan fingerprint density at radius 2 is 1.55 bits per heavy atom. The average Bonchev–Trinajstić information content (AvgIpc) is 2.97. The van der Waals surface area contributed by atoms with Crippen LogP contribution in [0.1, 0.15) is 17.5 Å². The van der Waals surface area contributed by atoms with E-state index in [4.69, 9.17) is 4.42 Å². The van der Waals surface area contributed by atoms with E-state index in [0.717, 1.165) is 11.1 Å². The minimum atomic E-state index is -0.228. The second-order valence-electron chi connectivity index (χ2n) is 4.24. The molecule has 0 unspecified atom stereocenters. The van der Waals surface area contributed by atoms with Crippen LogP contribution in [0.2, 0.25) is 0 Å². The van der Waals surface area contributed by atoms with Gasteiger partial charge in [-0.05, 0) is 29.9 Å². The van der Waals surface area contributed by atoms with Crippen molar-refractivity contribution in [2.75, 3.05) is 0 Å². The zero-order valence-corrected chi connectivity index (χ0v) is 10.9. The first-order chi connectivity index (χ1) is 9.74. The minimum Gasteiger partial charge on any atom is -0.472 e. The number of ketones is 2. The minimum absolute atomic E-state index is 0.127. The molecule has 0 bridgehead atoms. The topological polar surface area (TPSA) is 47.3 Å². The Bertz CT molecular complexity index is 620. The van der Waals surface area contributed by atoms with Crippen LogP contribution in [0.3, 0.4) is 0 Å². The number of hydrogen-bond donors (Lipinski definition) is 0. The van der Waals surface area contributed by atoms with Gasteiger partial charge in [0.25, 0.3) is 0 Å². The fourth-order valence-electron chi connectivity index (χ4n) is 1.60. The molecule has 0 aliphatic heterocycles. The Morgan fingerprint density at radius 3 is 2.15 bits per heavy atom. The monoisotopic (exact) mass is 266 g/mol. The largest absolute Gasteiger partial charge is 0.472 e. The molecule has 3 heteroatoms. The number of carbonyl (C=O) groups is 2. The molecule has 0 amide bonds. The van der Waals surface area contributed by atoms with E-state index in [1.807, 2.05) is 30.3 Å². The lowest BCUT2D eigenvalue weighted by atomic mass is 10.1. The molecule has 0 aliphatic rings. The lowest BCUT2D eigenvalue weighted by Crippen LogP contribution is -2.01. The molecule has 0 atom stereocenters. The molecule has 2 rings (SSSR count). The van der Waals surface area contributed by atoms with E-state index in [-0.39, 0.29) is 18.0 Å². The highest BCUT2D eigenvalue weighted by atomic mass is 16.3. The lowest BCUT2D eigenvalue weighted by Gasteiger charge is -1.92. The smallest absolute Gasteiger partial charge is 0.163 e. The van der Waals surface area contributed by atoms with Crippen molar-refractivity contribution in [3.8, 4) is 0 Å². The highest BCUT2D eigenvalue weighted by Gasteiger charge is 2.03. The molecule has 100 valence electrons. The summed E-state index contributed by atoms with van der Waals surface area (Å²) in [5.41, 5.74) is 1.73. The molecule has 0 aliphatic carbocycles. The number of allylic oxidation sites excluding steroid dienone is 2. The first-order valence-electron chi connectivity index (χ1n) is 6.23. The Morgan fingerprint density at radius 1 is 0.900 bits per heavy atom. The maximum Gasteiger partial charge on any atom is 0.163 e. The first kappa shape index (κ1) is 13.7. The molecule has 0 spiro atoms. The Kier molecular flexibility index (Phi) is 4.84. The Hall–Kier alpha value is -2.68. The van der Waals surface area contributed by atoms with Crippen molar-refractivity contribution in [2.24, 2.45) is 0 Å². The van der Waals surface area contributed by atoms with Crippen molar-refractivity contribution < 1.29 is 14.0 Å². The second kappa shape index (κ2) is 7.04. The highest BCUT2D eigenvalue weighted by molar-refractivity contribution is 6.10. The van der Waals surface area contributed by atoms with E-state index in [1.54, 1.807) is 18.2 Å². The van der Waals surface area contributed by atoms with Gasteiger partial charge in [-0.3, -0.25) is 9.59 Å². The summed E-state index contributed by atoms with van der Waals surface area (Å²) >= 11 is 0. The van der Waals surface area contributed by atoms with Gasteiger partial charge in [0.05, 0.1) is 18.9 Å². The third-order valence-electron chi connectivity index (χ3n) is 2.61. The summed E-state index contributed by atoms with van der Waals surface area (Å²) in [6.45, 7) is 0. The molecule has 20 heavy (non-hydrogen) atoms. The van der Waals surface area contributed by atoms with Crippen molar-refractivity contribution in [3.05, 3.63) is 72.2 Å². The summed E-state index contributed by atoms with van der Waals surface area (Å²) in [5, 5.41) is 0. The number of carbonyl (C=O) groups excluding carboxylic acids is 2. The summed E-state index contributed by atoms with van der Waals surface area (Å²) < 4.78 is 4.87. The summed E-state index contributed by atoms with van der Waals surface area (Å²) in [4.78, 5) is 23.2. The van der Waals surface area contributed by atoms with Crippen molar-refractivity contribution in [1.29, 1.82) is 0 Å². The summed E-state index contributed by atoms with van der Waals surface area (Å²) in [7, 11) is 0. The number of rotatable bonds is 6. The molecule has 0 saturated carbocycles. The number of hydrogen-bond acceptors (Lipinski definition) is 3. The number of benzene rings is 1. The summed E-state index contributed by atoms with van der Waals surface area (Å²) in [5.74, 6) is -0.440. The van der Waals surface area contributed by atoms with Crippen LogP contribution in [-0.2, 0) is 9.59 Å². The Balaban J connectivity index is 1.85. The van der Waals surface area contributed by atoms with Crippen LogP contribution in [0.25, 0.3) is 12.2 Å². The van der Waals surface area contributed by atoms with E-state index in [9.17, 15) is 9.59 Å². The standard InChI is InChI=1S/C17H14O3/c18-16(8-6-14-4-2-1-3-5-14)12-17(19)9-7-15-10-11-20-13-15/h1-11,13H,12H2/b8-6+,9-7+. The van der Waals surface area contributed by atoms with Gasteiger partial charge in [-0.1, -0.05) is 36.4 Å². The van der Waals surface area contributed by atoms with Crippen LogP contribution in [0, 0.1) is 0 Å². The van der Waals surface area contributed by atoms with Gasteiger partial charge >= 0.3 is 0 Å². The van der Waals surface area contributed by atoms with E-state index in [2.05, 4.69) is 0 Å². The summed E-state index contributed by atoms with van der Waals surface area (Å²) in [6, 6.07) is 11.2. The molecule has 1 aromatic carbocycles. The van der Waals surface area contributed by atoms with Gasteiger partial charge in [0.15, 0.2) is 11.6 Å². The van der Waals surface area contributed by atoms with E-state index in [0.29, 0.717) is 0 Å². The molecule has 1 heterocycles. The van der Waals surface area contributed by atoms with Crippen LogP contribution < -0.4 is 0 Å². The van der Waals surface area contributed by atoms with Crippen LogP contribution in [0.15, 0.2) is 65.5 Å². The Labute approximate surface area is 117 Å². The van der Waals surface area contributed by atoms with Gasteiger partial charge in [0, 0.05) is 5.56 Å². The van der Waals surface area contributed by atoms with Gasteiger partial charge in [-0.15, -0.1) is 0 Å². The highest BCUT2D eigenvalue weighted by Crippen LogP contribution is 2.04. The van der Waals surface area contributed by atoms with E-state index < -0.39 is 0 Å². The molecule has 2 aromatic rings. The lowest BCUT2D eigenvalue weighted by molar-refractivity contribution is -0.121. The third kappa shape index (κ3) is 4.53. The predicted molar refractivity (Wildman–Crippen MR) is 77.8 cm³/mol. The van der Waals surface area contributed by atoms with Crippen LogP contribution in [-0.4, -0.2) is 11.6 Å². The molecule has 0 fully saturated rings. The van der Waals surface area contributed by atoms with Crippen molar-refractivity contribution in [1.82, 2.24) is 0 Å². The van der Waals surface area contributed by atoms with Crippen molar-refractivity contribution in [2.45, 2.75) is 6.42 Å². The fourth-order valence-corrected chi connectivity index (χ4v) is 1.60. The quantitative estimate of drug-likeness (QED) is 0.593.